The molecule has 1 aliphatic carbocycles. The van der Waals surface area contributed by atoms with E-state index in [0.717, 1.165) is 85.1 Å². The lowest BCUT2D eigenvalue weighted by atomic mass is 9.57. The van der Waals surface area contributed by atoms with Gasteiger partial charge in [0, 0.05) is 41.3 Å². The zero-order valence-corrected chi connectivity index (χ0v) is 37.6. The van der Waals surface area contributed by atoms with Gasteiger partial charge in [0.1, 0.15) is 17.6 Å². The van der Waals surface area contributed by atoms with Crippen LogP contribution in [0.5, 0.6) is 0 Å². The lowest BCUT2D eigenvalue weighted by Gasteiger charge is -2.58. The first kappa shape index (κ1) is 41.7. The lowest BCUT2D eigenvalue weighted by Crippen LogP contribution is -2.63. The molecule has 2 atom stereocenters. The Labute approximate surface area is 340 Å². The fraction of sp³-hybridized carbons (Fsp3) is 0.738. The number of aryl methyl sites for hydroxylation is 1. The van der Waals surface area contributed by atoms with Crippen LogP contribution in [0.4, 0.5) is 4.79 Å². The highest BCUT2D eigenvalue weighted by molar-refractivity contribution is 6.74. The quantitative estimate of drug-likeness (QED) is 0.206. The van der Waals surface area contributed by atoms with Crippen LogP contribution in [0.15, 0.2) is 22.9 Å². The van der Waals surface area contributed by atoms with Crippen LogP contribution in [0.3, 0.4) is 0 Å². The van der Waals surface area contributed by atoms with Crippen LogP contribution in [0.2, 0.25) is 23.2 Å². The van der Waals surface area contributed by atoms with Crippen LogP contribution in [0, 0.1) is 5.41 Å². The van der Waals surface area contributed by atoms with Gasteiger partial charge in [-0.3, -0.25) is 4.90 Å². The topological polar surface area (TPSA) is 110 Å². The van der Waals surface area contributed by atoms with Gasteiger partial charge in [0.2, 0.25) is 0 Å². The number of ether oxygens (including phenoxy) is 2. The van der Waals surface area contributed by atoms with Gasteiger partial charge < -0.3 is 27.6 Å². The van der Waals surface area contributed by atoms with Crippen LogP contribution < -0.4 is 5.46 Å². The summed E-state index contributed by atoms with van der Waals surface area (Å²) >= 11 is 7.20. The molecule has 308 valence electrons. The Morgan fingerprint density at radius 1 is 1.02 bits per heavy atom. The Bertz CT molecular complexity index is 1900. The number of hydrogen-bond acceptors (Lipinski definition) is 9. The highest BCUT2D eigenvalue weighted by Gasteiger charge is 2.59. The molecular weight excluding hydrogens is 747 g/mol. The molecule has 1 aromatic carbocycles. The van der Waals surface area contributed by atoms with Gasteiger partial charge in [0.15, 0.2) is 20.4 Å². The third-order valence-electron chi connectivity index (χ3n) is 13.5. The number of oxazole rings is 1. The Morgan fingerprint density at radius 3 is 2.34 bits per heavy atom. The highest BCUT2D eigenvalue weighted by atomic mass is 35.5. The third-order valence-corrected chi connectivity index (χ3v) is 18.2. The molecule has 0 bridgehead atoms. The number of amides is 1. The van der Waals surface area contributed by atoms with E-state index in [1.54, 1.807) is 0 Å². The molecule has 2 unspecified atom stereocenters. The summed E-state index contributed by atoms with van der Waals surface area (Å²) in [4.78, 5) is 20.3. The van der Waals surface area contributed by atoms with Gasteiger partial charge in [-0.15, -0.1) is 0 Å². The first-order chi connectivity index (χ1) is 26.0. The zero-order chi connectivity index (χ0) is 40.6. The van der Waals surface area contributed by atoms with Crippen LogP contribution in [-0.4, -0.2) is 77.4 Å². The van der Waals surface area contributed by atoms with E-state index >= 15 is 0 Å². The second-order valence-corrected chi connectivity index (χ2v) is 25.5. The maximum absolute atomic E-state index is 13.6. The molecule has 3 aromatic rings. The van der Waals surface area contributed by atoms with Gasteiger partial charge in [-0.25, -0.2) is 14.5 Å². The minimum atomic E-state index is -2.24. The Kier molecular flexibility index (Phi) is 10.9. The van der Waals surface area contributed by atoms with E-state index in [-0.39, 0.29) is 34.9 Å². The Balaban J connectivity index is 1.12. The van der Waals surface area contributed by atoms with Crippen molar-refractivity contribution in [2.45, 2.75) is 180 Å². The van der Waals surface area contributed by atoms with Crippen LogP contribution in [0.1, 0.15) is 144 Å². The third kappa shape index (κ3) is 7.86. The number of nitrogens with zero attached hydrogens (tertiary/aromatic N) is 4. The number of aromatic nitrogens is 3. The van der Waals surface area contributed by atoms with Gasteiger partial charge in [0.25, 0.3) is 0 Å². The number of hydrogen-bond donors (Lipinski definition) is 0. The van der Waals surface area contributed by atoms with Gasteiger partial charge in [0.05, 0.1) is 29.1 Å². The first-order valence-electron chi connectivity index (χ1n) is 20.8. The molecule has 0 radical (unpaired) electrons. The highest BCUT2D eigenvalue weighted by Crippen LogP contribution is 2.59. The maximum atomic E-state index is 13.6. The van der Waals surface area contributed by atoms with Gasteiger partial charge in [-0.1, -0.05) is 32.4 Å². The summed E-state index contributed by atoms with van der Waals surface area (Å²) in [5, 5.41) is 6.41. The number of piperidine rings is 1. The summed E-state index contributed by atoms with van der Waals surface area (Å²) < 4.78 is 41.0. The summed E-state index contributed by atoms with van der Waals surface area (Å²) in [7, 11) is -2.86. The molecule has 1 amide bonds. The largest absolute Gasteiger partial charge is 0.495 e. The smallest absolute Gasteiger partial charge is 0.445 e. The van der Waals surface area contributed by atoms with Crippen molar-refractivity contribution in [3.05, 3.63) is 40.7 Å². The Morgan fingerprint density at radius 2 is 1.71 bits per heavy atom. The van der Waals surface area contributed by atoms with Crippen LogP contribution >= 0.6 is 11.6 Å². The summed E-state index contributed by atoms with van der Waals surface area (Å²) in [6, 6.07) is 2.01. The molecule has 4 aliphatic rings. The van der Waals surface area contributed by atoms with Crippen molar-refractivity contribution in [1.29, 1.82) is 0 Å². The van der Waals surface area contributed by atoms with Gasteiger partial charge in [-0.05, 0) is 135 Å². The average molecular weight is 811 g/mol. The minimum absolute atomic E-state index is 0.00808. The predicted molar refractivity (Wildman–Crippen MR) is 222 cm³/mol. The fourth-order valence-electron chi connectivity index (χ4n) is 8.55. The van der Waals surface area contributed by atoms with Crippen LogP contribution in [0.25, 0.3) is 10.9 Å². The molecule has 0 N–H and O–H groups in total. The normalized spacial score (nSPS) is 26.9. The number of carbonyl (C=O) groups excluding carboxylic acids is 1. The lowest BCUT2D eigenvalue weighted by molar-refractivity contribution is -0.151. The van der Waals surface area contributed by atoms with E-state index in [0.29, 0.717) is 24.4 Å². The van der Waals surface area contributed by atoms with Crippen molar-refractivity contribution in [3.63, 3.8) is 0 Å². The minimum Gasteiger partial charge on any atom is -0.445 e. The molecule has 14 heteroatoms. The SMILES string of the molecule is CC(C)(C)OC(=O)N1CCCC2(CC(c3ncc(CCc4c(Cl)cc5c(cnn5C5CCCCO5)c4B4OC(C)(C)C(C)(C)O4)o3)C2)C1O[Si](C)(C)C(C)(C)C. The molecule has 4 fully saturated rings. The van der Waals surface area contributed by atoms with Crippen molar-refractivity contribution in [2.24, 2.45) is 5.41 Å². The molecule has 3 aliphatic heterocycles. The Hall–Kier alpha value is -2.42. The van der Waals surface area contributed by atoms with Gasteiger partial charge in [-0.2, -0.15) is 5.10 Å². The molecule has 5 heterocycles. The van der Waals surface area contributed by atoms with Crippen molar-refractivity contribution in [2.75, 3.05) is 13.2 Å². The molecule has 11 nitrogen and oxygen atoms in total. The van der Waals surface area contributed by atoms with Crippen molar-refractivity contribution in [1.82, 2.24) is 19.7 Å². The van der Waals surface area contributed by atoms with E-state index in [4.69, 9.17) is 49.3 Å². The van der Waals surface area contributed by atoms with E-state index in [9.17, 15) is 4.79 Å². The van der Waals surface area contributed by atoms with E-state index < -0.39 is 32.2 Å². The number of likely N-dealkylation sites (tertiary alicyclic amines) is 1. The van der Waals surface area contributed by atoms with Crippen molar-refractivity contribution < 1.29 is 32.4 Å². The monoisotopic (exact) mass is 810 g/mol. The number of halogens is 1. The number of rotatable bonds is 8. The van der Waals surface area contributed by atoms with E-state index in [1.807, 2.05) is 48.8 Å². The van der Waals surface area contributed by atoms with Crippen molar-refractivity contribution >= 4 is 49.5 Å². The molecule has 7 rings (SSSR count). The average Bonchev–Trinajstić information content (AvgIpc) is 3.76. The maximum Gasteiger partial charge on any atom is 0.495 e. The zero-order valence-electron chi connectivity index (χ0n) is 35.8. The molecule has 1 spiro atoms. The molecular formula is C42H64BClN4O7Si. The summed E-state index contributed by atoms with van der Waals surface area (Å²) in [5.41, 5.74) is 0.960. The molecule has 3 saturated heterocycles. The molecule has 56 heavy (non-hydrogen) atoms. The van der Waals surface area contributed by atoms with E-state index in [2.05, 4.69) is 61.6 Å². The molecule has 2 aromatic heterocycles. The number of carbonyl (C=O) groups is 1. The number of benzene rings is 1. The van der Waals surface area contributed by atoms with Gasteiger partial charge >= 0.3 is 13.2 Å². The van der Waals surface area contributed by atoms with Crippen LogP contribution in [-0.2, 0) is 36.1 Å². The second kappa shape index (κ2) is 14.7. The van der Waals surface area contributed by atoms with E-state index in [1.165, 1.54) is 0 Å². The second-order valence-electron chi connectivity index (χ2n) is 20.3. The van der Waals surface area contributed by atoms with Crippen molar-refractivity contribution in [3.8, 4) is 0 Å². The summed E-state index contributed by atoms with van der Waals surface area (Å²) in [6.07, 6.45) is 10.8. The standard InChI is InChI=1S/C42H64BClN4O7Si/c1-38(2,3)52-37(49)47-20-15-19-42(36(47)53-56(11,12)39(4,5)6)23-27(24-42)35-45-25-28(51-35)17-18-29-31(44)22-32-30(26-46-48(32)33-16-13-14-21-50-33)34(29)43-54-40(7,8)41(9,10)55-43/h22,25-27,33,36H,13-21,23-24H2,1-12H3. The molecule has 1 saturated carbocycles. The first-order valence-corrected chi connectivity index (χ1v) is 24.1. The summed E-state index contributed by atoms with van der Waals surface area (Å²) in [6.45, 7) is 26.6. The predicted octanol–water partition coefficient (Wildman–Crippen LogP) is 9.70. The fourth-order valence-corrected chi connectivity index (χ4v) is 10.1. The number of fused-ring (bicyclic) bond motifs is 1. The summed E-state index contributed by atoms with van der Waals surface area (Å²) in [5.74, 6) is 1.69.